The van der Waals surface area contributed by atoms with Crippen molar-refractivity contribution in [3.63, 3.8) is 0 Å². The van der Waals surface area contributed by atoms with Crippen molar-refractivity contribution in [3.8, 4) is 11.5 Å². The van der Waals surface area contributed by atoms with Gasteiger partial charge in [0.25, 0.3) is 0 Å². The van der Waals surface area contributed by atoms with Crippen molar-refractivity contribution in [3.05, 3.63) is 48.5 Å². The zero-order chi connectivity index (χ0) is 19.2. The highest BCUT2D eigenvalue weighted by Crippen LogP contribution is 2.23. The molecule has 0 spiro atoms. The monoisotopic (exact) mass is 378 g/mol. The van der Waals surface area contributed by atoms with E-state index in [0.717, 1.165) is 0 Å². The molecule has 0 fully saturated rings. The molecule has 140 valence electrons. The Labute approximate surface area is 153 Å². The van der Waals surface area contributed by atoms with Crippen molar-refractivity contribution in [2.45, 2.75) is 20.0 Å². The van der Waals surface area contributed by atoms with E-state index in [1.807, 2.05) is 13.8 Å². The van der Waals surface area contributed by atoms with Crippen LogP contribution in [0.2, 0.25) is 0 Å². The molecule has 0 saturated heterocycles. The molecule has 2 N–H and O–H groups in total. The van der Waals surface area contributed by atoms with Gasteiger partial charge in [-0.3, -0.25) is 9.52 Å². The van der Waals surface area contributed by atoms with Crippen LogP contribution in [0.5, 0.6) is 11.5 Å². The standard InChI is InChI=1S/C18H22N2O5S/c1-13(2)25-15-10-8-14(9-11-15)20-26(22,23)12-18(21)19-16-6-4-5-7-17(16)24-3/h4-11,13,20H,12H2,1-3H3,(H,19,21). The van der Waals surface area contributed by atoms with Crippen LogP contribution in [0.15, 0.2) is 48.5 Å². The summed E-state index contributed by atoms with van der Waals surface area (Å²) in [7, 11) is -2.38. The molecular weight excluding hydrogens is 356 g/mol. The summed E-state index contributed by atoms with van der Waals surface area (Å²) in [5.41, 5.74) is 0.761. The Morgan fingerprint density at radius 1 is 1.08 bits per heavy atom. The Balaban J connectivity index is 1.98. The summed E-state index contributed by atoms with van der Waals surface area (Å²) in [4.78, 5) is 12.1. The number of methoxy groups -OCH3 is 1. The number of nitrogens with one attached hydrogen (secondary N) is 2. The molecule has 0 atom stereocenters. The van der Waals surface area contributed by atoms with Gasteiger partial charge in [-0.25, -0.2) is 8.42 Å². The summed E-state index contributed by atoms with van der Waals surface area (Å²) >= 11 is 0. The summed E-state index contributed by atoms with van der Waals surface area (Å²) in [6.45, 7) is 3.80. The van der Waals surface area contributed by atoms with E-state index in [2.05, 4.69) is 10.0 Å². The third-order valence-corrected chi connectivity index (χ3v) is 4.39. The highest BCUT2D eigenvalue weighted by molar-refractivity contribution is 7.93. The molecule has 2 aromatic carbocycles. The largest absolute Gasteiger partial charge is 0.495 e. The lowest BCUT2D eigenvalue weighted by atomic mass is 10.3. The fourth-order valence-electron chi connectivity index (χ4n) is 2.20. The summed E-state index contributed by atoms with van der Waals surface area (Å²) < 4.78 is 37.4. The molecule has 0 heterocycles. The van der Waals surface area contributed by atoms with Gasteiger partial charge in [-0.2, -0.15) is 0 Å². The van der Waals surface area contributed by atoms with Crippen LogP contribution in [0.4, 0.5) is 11.4 Å². The lowest BCUT2D eigenvalue weighted by Gasteiger charge is -2.12. The van der Waals surface area contributed by atoms with E-state index in [4.69, 9.17) is 9.47 Å². The van der Waals surface area contributed by atoms with Crippen molar-refractivity contribution in [1.82, 2.24) is 0 Å². The lowest BCUT2D eigenvalue weighted by molar-refractivity contribution is -0.113. The minimum absolute atomic E-state index is 0.0243. The highest BCUT2D eigenvalue weighted by Gasteiger charge is 2.18. The third kappa shape index (κ3) is 5.96. The zero-order valence-electron chi connectivity index (χ0n) is 14.9. The van der Waals surface area contributed by atoms with E-state index < -0.39 is 21.7 Å². The van der Waals surface area contributed by atoms with Crippen LogP contribution in [0.25, 0.3) is 0 Å². The lowest BCUT2D eigenvalue weighted by Crippen LogP contribution is -2.27. The number of benzene rings is 2. The van der Waals surface area contributed by atoms with E-state index >= 15 is 0 Å². The Morgan fingerprint density at radius 3 is 2.35 bits per heavy atom. The van der Waals surface area contributed by atoms with Crippen LogP contribution in [0, 0.1) is 0 Å². The van der Waals surface area contributed by atoms with E-state index in [0.29, 0.717) is 22.9 Å². The second-order valence-electron chi connectivity index (χ2n) is 5.80. The van der Waals surface area contributed by atoms with E-state index in [1.165, 1.54) is 7.11 Å². The van der Waals surface area contributed by atoms with Crippen LogP contribution in [-0.2, 0) is 14.8 Å². The number of sulfonamides is 1. The molecule has 0 aliphatic carbocycles. The Bertz CT molecular complexity index is 848. The van der Waals surface area contributed by atoms with Crippen molar-refractivity contribution in [2.24, 2.45) is 0 Å². The van der Waals surface area contributed by atoms with Gasteiger partial charge in [0.05, 0.1) is 18.9 Å². The number of para-hydroxylation sites is 2. The normalized spacial score (nSPS) is 11.1. The highest BCUT2D eigenvalue weighted by atomic mass is 32.2. The van der Waals surface area contributed by atoms with Crippen molar-refractivity contribution < 1.29 is 22.7 Å². The second kappa shape index (κ2) is 8.57. The molecule has 0 unspecified atom stereocenters. The summed E-state index contributed by atoms with van der Waals surface area (Å²) in [5.74, 6) is -0.291. The Morgan fingerprint density at radius 2 is 1.73 bits per heavy atom. The first-order chi connectivity index (χ1) is 12.3. The maximum absolute atomic E-state index is 12.2. The van der Waals surface area contributed by atoms with Gasteiger partial charge in [0.2, 0.25) is 15.9 Å². The second-order valence-corrected chi connectivity index (χ2v) is 7.52. The van der Waals surface area contributed by atoms with Gasteiger partial charge >= 0.3 is 0 Å². The van der Waals surface area contributed by atoms with E-state index in [9.17, 15) is 13.2 Å². The van der Waals surface area contributed by atoms with Gasteiger partial charge in [-0.05, 0) is 50.2 Å². The summed E-state index contributed by atoms with van der Waals surface area (Å²) in [6.07, 6.45) is 0.0243. The van der Waals surface area contributed by atoms with Crippen LogP contribution < -0.4 is 19.5 Å². The molecule has 8 heteroatoms. The zero-order valence-corrected chi connectivity index (χ0v) is 15.7. The number of anilines is 2. The number of rotatable bonds is 8. The van der Waals surface area contributed by atoms with Gasteiger partial charge in [-0.15, -0.1) is 0 Å². The number of hydrogen-bond donors (Lipinski definition) is 2. The number of carbonyl (C=O) groups is 1. The molecule has 1 amide bonds. The average Bonchev–Trinajstić information content (AvgIpc) is 2.55. The predicted octanol–water partition coefficient (Wildman–Crippen LogP) is 2.86. The molecule has 0 aliphatic rings. The molecule has 0 aliphatic heterocycles. The maximum atomic E-state index is 12.2. The fourth-order valence-corrected chi connectivity index (χ4v) is 3.18. The minimum Gasteiger partial charge on any atom is -0.495 e. The maximum Gasteiger partial charge on any atom is 0.241 e. The van der Waals surface area contributed by atoms with Crippen molar-refractivity contribution in [1.29, 1.82) is 0 Å². The summed E-state index contributed by atoms with van der Waals surface area (Å²) in [6, 6.07) is 13.2. The topological polar surface area (TPSA) is 93.7 Å². The predicted molar refractivity (Wildman–Crippen MR) is 101 cm³/mol. The summed E-state index contributed by atoms with van der Waals surface area (Å²) in [5, 5.41) is 2.53. The van der Waals surface area contributed by atoms with Crippen LogP contribution >= 0.6 is 0 Å². The minimum atomic E-state index is -3.85. The van der Waals surface area contributed by atoms with Gasteiger partial charge in [0.15, 0.2) is 0 Å². The third-order valence-electron chi connectivity index (χ3n) is 3.20. The molecule has 2 rings (SSSR count). The number of hydrogen-bond acceptors (Lipinski definition) is 5. The van der Waals surface area contributed by atoms with Crippen LogP contribution in [0.3, 0.4) is 0 Å². The van der Waals surface area contributed by atoms with Crippen molar-refractivity contribution in [2.75, 3.05) is 22.9 Å². The molecule has 7 nitrogen and oxygen atoms in total. The Kier molecular flexibility index (Phi) is 6.46. The Hall–Kier alpha value is -2.74. The van der Waals surface area contributed by atoms with Gasteiger partial charge in [-0.1, -0.05) is 12.1 Å². The first kappa shape index (κ1) is 19.6. The van der Waals surface area contributed by atoms with E-state index in [1.54, 1.807) is 48.5 Å². The first-order valence-corrected chi connectivity index (χ1v) is 9.64. The molecule has 0 radical (unpaired) electrons. The molecular formula is C18H22N2O5S. The van der Waals surface area contributed by atoms with Gasteiger partial charge in [0.1, 0.15) is 17.3 Å². The van der Waals surface area contributed by atoms with Gasteiger partial charge in [0, 0.05) is 5.69 Å². The molecule has 2 aromatic rings. The van der Waals surface area contributed by atoms with E-state index in [-0.39, 0.29) is 6.10 Å². The average molecular weight is 378 g/mol. The van der Waals surface area contributed by atoms with Crippen LogP contribution in [-0.4, -0.2) is 33.3 Å². The molecule has 0 saturated carbocycles. The quantitative estimate of drug-likeness (QED) is 0.737. The molecule has 0 bridgehead atoms. The number of carbonyl (C=O) groups excluding carboxylic acids is 1. The SMILES string of the molecule is COc1ccccc1NC(=O)CS(=O)(=O)Nc1ccc(OC(C)C)cc1. The van der Waals surface area contributed by atoms with Crippen LogP contribution in [0.1, 0.15) is 13.8 Å². The fraction of sp³-hybridized carbons (Fsp3) is 0.278. The molecule has 0 aromatic heterocycles. The van der Waals surface area contributed by atoms with Crippen molar-refractivity contribution >= 4 is 27.3 Å². The van der Waals surface area contributed by atoms with Gasteiger partial charge < -0.3 is 14.8 Å². The first-order valence-electron chi connectivity index (χ1n) is 7.99. The molecule has 26 heavy (non-hydrogen) atoms. The number of ether oxygens (including phenoxy) is 2. The number of amides is 1. The smallest absolute Gasteiger partial charge is 0.241 e.